The Labute approximate surface area is 139 Å². The maximum absolute atomic E-state index is 13.2. The molecule has 0 aromatic heterocycles. The predicted molar refractivity (Wildman–Crippen MR) is 85.1 cm³/mol. The maximum Gasteiger partial charge on any atom is 0.325 e. The number of nitrogens with one attached hydrogen (secondary N) is 1. The van der Waals surface area contributed by atoms with Crippen molar-refractivity contribution in [1.29, 1.82) is 0 Å². The molecule has 24 heavy (non-hydrogen) atoms. The summed E-state index contributed by atoms with van der Waals surface area (Å²) in [6.45, 7) is 3.59. The van der Waals surface area contributed by atoms with Gasteiger partial charge in [0.25, 0.3) is 5.91 Å². The lowest BCUT2D eigenvalue weighted by atomic mass is 10.1. The number of amides is 1. The van der Waals surface area contributed by atoms with E-state index in [4.69, 9.17) is 4.74 Å². The lowest BCUT2D eigenvalue weighted by Crippen LogP contribution is -2.32. The van der Waals surface area contributed by atoms with Crippen molar-refractivity contribution in [3.63, 3.8) is 0 Å². The minimum atomic E-state index is -1.03. The SMILES string of the molecule is CCCCC(CC)OC(=O)CNC(=O)c1ccc(F)c([N+](=O)[O-])c1. The third-order valence-corrected chi connectivity index (χ3v) is 3.43. The van der Waals surface area contributed by atoms with Crippen LogP contribution < -0.4 is 5.32 Å². The van der Waals surface area contributed by atoms with Crippen LogP contribution in [0.1, 0.15) is 49.9 Å². The van der Waals surface area contributed by atoms with Crippen molar-refractivity contribution in [1.82, 2.24) is 5.32 Å². The van der Waals surface area contributed by atoms with E-state index in [0.717, 1.165) is 37.5 Å². The van der Waals surface area contributed by atoms with Crippen molar-refractivity contribution in [2.45, 2.75) is 45.6 Å². The number of unbranched alkanes of at least 4 members (excludes halogenated alkanes) is 1. The number of hydrogen-bond donors (Lipinski definition) is 1. The Hall–Kier alpha value is -2.51. The van der Waals surface area contributed by atoms with Crippen LogP contribution >= 0.6 is 0 Å². The Morgan fingerprint density at radius 3 is 2.67 bits per heavy atom. The summed E-state index contributed by atoms with van der Waals surface area (Å²) >= 11 is 0. The van der Waals surface area contributed by atoms with E-state index in [2.05, 4.69) is 5.32 Å². The molecular formula is C16H21FN2O5. The fraction of sp³-hybridized carbons (Fsp3) is 0.500. The average molecular weight is 340 g/mol. The molecule has 0 aliphatic heterocycles. The van der Waals surface area contributed by atoms with Crippen molar-refractivity contribution in [3.8, 4) is 0 Å². The molecule has 0 saturated heterocycles. The highest BCUT2D eigenvalue weighted by atomic mass is 19.1. The fourth-order valence-electron chi connectivity index (χ4n) is 2.05. The minimum Gasteiger partial charge on any atom is -0.461 e. The van der Waals surface area contributed by atoms with E-state index < -0.39 is 28.3 Å². The smallest absolute Gasteiger partial charge is 0.325 e. The molecular weight excluding hydrogens is 319 g/mol. The minimum absolute atomic E-state index is 0.103. The van der Waals surface area contributed by atoms with Crippen LogP contribution in [0.15, 0.2) is 18.2 Å². The molecule has 1 N–H and O–H groups in total. The highest BCUT2D eigenvalue weighted by molar-refractivity contribution is 5.96. The molecule has 1 atom stereocenters. The maximum atomic E-state index is 13.2. The highest BCUT2D eigenvalue weighted by Crippen LogP contribution is 2.18. The molecule has 8 heteroatoms. The van der Waals surface area contributed by atoms with Gasteiger partial charge in [0.05, 0.1) is 4.92 Å². The van der Waals surface area contributed by atoms with E-state index in [-0.39, 0.29) is 18.2 Å². The molecule has 7 nitrogen and oxygen atoms in total. The number of esters is 1. The summed E-state index contributed by atoms with van der Waals surface area (Å²) in [5, 5.41) is 13.0. The van der Waals surface area contributed by atoms with Crippen LogP contribution in [0.3, 0.4) is 0 Å². The van der Waals surface area contributed by atoms with Gasteiger partial charge < -0.3 is 10.1 Å². The number of carbonyl (C=O) groups is 2. The fourth-order valence-corrected chi connectivity index (χ4v) is 2.05. The number of hydrogen-bond acceptors (Lipinski definition) is 5. The van der Waals surface area contributed by atoms with Gasteiger partial charge in [0.1, 0.15) is 12.6 Å². The summed E-state index contributed by atoms with van der Waals surface area (Å²) in [5.41, 5.74) is -0.898. The van der Waals surface area contributed by atoms with Gasteiger partial charge in [0.2, 0.25) is 5.82 Å². The predicted octanol–water partition coefficient (Wildman–Crippen LogP) is 2.98. The lowest BCUT2D eigenvalue weighted by Gasteiger charge is -2.16. The zero-order valence-corrected chi connectivity index (χ0v) is 13.7. The molecule has 0 saturated carbocycles. The molecule has 1 aromatic rings. The number of nitro groups is 1. The van der Waals surface area contributed by atoms with Gasteiger partial charge in [-0.25, -0.2) is 0 Å². The van der Waals surface area contributed by atoms with Crippen LogP contribution in [0, 0.1) is 15.9 Å². The third-order valence-electron chi connectivity index (χ3n) is 3.43. The van der Waals surface area contributed by atoms with E-state index in [0.29, 0.717) is 6.42 Å². The number of rotatable bonds is 9. The number of carbonyl (C=O) groups excluding carboxylic acids is 2. The normalized spacial score (nSPS) is 11.6. The van der Waals surface area contributed by atoms with Crippen molar-refractivity contribution < 1.29 is 23.6 Å². The van der Waals surface area contributed by atoms with Gasteiger partial charge in [-0.15, -0.1) is 0 Å². The van der Waals surface area contributed by atoms with E-state index in [1.807, 2.05) is 13.8 Å². The second kappa shape index (κ2) is 9.59. The number of nitrogens with zero attached hydrogens (tertiary/aromatic N) is 1. The van der Waals surface area contributed by atoms with Crippen LogP contribution in [0.2, 0.25) is 0 Å². The summed E-state index contributed by atoms with van der Waals surface area (Å²) in [7, 11) is 0. The monoisotopic (exact) mass is 340 g/mol. The van der Waals surface area contributed by atoms with Crippen LogP contribution in [0.4, 0.5) is 10.1 Å². The van der Waals surface area contributed by atoms with E-state index >= 15 is 0 Å². The molecule has 0 aliphatic rings. The molecule has 0 fully saturated rings. The number of benzene rings is 1. The molecule has 1 amide bonds. The van der Waals surface area contributed by atoms with Gasteiger partial charge in [-0.1, -0.05) is 26.7 Å². The number of ether oxygens (including phenoxy) is 1. The zero-order chi connectivity index (χ0) is 18.1. The Morgan fingerprint density at radius 1 is 1.38 bits per heavy atom. The van der Waals surface area contributed by atoms with Crippen LogP contribution in [-0.2, 0) is 9.53 Å². The van der Waals surface area contributed by atoms with Crippen molar-refractivity contribution >= 4 is 17.6 Å². The first-order valence-electron chi connectivity index (χ1n) is 7.80. The Kier molecular flexibility index (Phi) is 7.81. The first-order chi connectivity index (χ1) is 11.4. The molecule has 132 valence electrons. The van der Waals surface area contributed by atoms with Gasteiger partial charge in [-0.2, -0.15) is 4.39 Å². The summed E-state index contributed by atoms with van der Waals surface area (Å²) < 4.78 is 18.5. The second-order valence-corrected chi connectivity index (χ2v) is 5.27. The zero-order valence-electron chi connectivity index (χ0n) is 13.7. The van der Waals surface area contributed by atoms with Crippen LogP contribution in [0.5, 0.6) is 0 Å². The van der Waals surface area contributed by atoms with Crippen molar-refractivity contribution in [2.75, 3.05) is 6.54 Å². The van der Waals surface area contributed by atoms with Gasteiger partial charge in [-0.3, -0.25) is 19.7 Å². The van der Waals surface area contributed by atoms with Gasteiger partial charge in [0.15, 0.2) is 0 Å². The standard InChI is InChI=1S/C16H21FN2O5/c1-3-5-6-12(4-2)24-15(20)10-18-16(21)11-7-8-13(17)14(9-11)19(22)23/h7-9,12H,3-6,10H2,1-2H3,(H,18,21). The first-order valence-corrected chi connectivity index (χ1v) is 7.80. The van der Waals surface area contributed by atoms with E-state index in [1.54, 1.807) is 0 Å². The molecule has 0 heterocycles. The quantitative estimate of drug-likeness (QED) is 0.423. The Balaban J connectivity index is 2.58. The van der Waals surface area contributed by atoms with E-state index in [9.17, 15) is 24.1 Å². The largest absolute Gasteiger partial charge is 0.461 e. The lowest BCUT2D eigenvalue weighted by molar-refractivity contribution is -0.387. The number of halogens is 1. The molecule has 0 radical (unpaired) electrons. The van der Waals surface area contributed by atoms with Crippen molar-refractivity contribution in [3.05, 3.63) is 39.7 Å². The summed E-state index contributed by atoms with van der Waals surface area (Å²) in [6, 6.07) is 2.77. The molecule has 0 aliphatic carbocycles. The molecule has 1 unspecified atom stereocenters. The Bertz CT molecular complexity index is 606. The summed E-state index contributed by atoms with van der Waals surface area (Å²) in [4.78, 5) is 33.4. The van der Waals surface area contributed by atoms with Crippen LogP contribution in [-0.4, -0.2) is 29.4 Å². The molecule has 0 spiro atoms. The first kappa shape index (κ1) is 19.5. The number of nitro benzene ring substituents is 1. The third kappa shape index (κ3) is 5.94. The summed E-state index contributed by atoms with van der Waals surface area (Å²) in [6.07, 6.45) is 3.19. The van der Waals surface area contributed by atoms with Crippen LogP contribution in [0.25, 0.3) is 0 Å². The average Bonchev–Trinajstić information content (AvgIpc) is 2.56. The van der Waals surface area contributed by atoms with Gasteiger partial charge >= 0.3 is 11.7 Å². The second-order valence-electron chi connectivity index (χ2n) is 5.27. The summed E-state index contributed by atoms with van der Waals surface area (Å²) in [5.74, 6) is -2.32. The van der Waals surface area contributed by atoms with E-state index in [1.165, 1.54) is 0 Å². The molecule has 1 rings (SSSR count). The van der Waals surface area contributed by atoms with Gasteiger partial charge in [0, 0.05) is 11.6 Å². The molecule has 1 aromatic carbocycles. The topological polar surface area (TPSA) is 98.5 Å². The van der Waals surface area contributed by atoms with Gasteiger partial charge in [-0.05, 0) is 25.0 Å². The highest BCUT2D eigenvalue weighted by Gasteiger charge is 2.18. The molecule has 0 bridgehead atoms. The van der Waals surface area contributed by atoms with Crippen molar-refractivity contribution in [2.24, 2.45) is 0 Å². The Morgan fingerprint density at radius 2 is 2.08 bits per heavy atom.